The third kappa shape index (κ3) is 1.80. The molecule has 2 nitrogen and oxygen atoms in total. The second-order valence-corrected chi connectivity index (χ2v) is 5.16. The van der Waals surface area contributed by atoms with Gasteiger partial charge < -0.3 is 10.2 Å². The molecule has 2 heteroatoms. The van der Waals surface area contributed by atoms with Gasteiger partial charge >= 0.3 is 0 Å². The van der Waals surface area contributed by atoms with Gasteiger partial charge in [-0.2, -0.15) is 0 Å². The number of aryl methyl sites for hydroxylation is 2. The van der Waals surface area contributed by atoms with E-state index in [0.717, 1.165) is 34.7 Å². The van der Waals surface area contributed by atoms with Crippen LogP contribution in [0.4, 0.5) is 0 Å². The number of phenolic OH excluding ortho intramolecular Hbond substituents is 2. The van der Waals surface area contributed by atoms with Gasteiger partial charge in [-0.3, -0.25) is 0 Å². The lowest BCUT2D eigenvalue weighted by molar-refractivity contribution is 0.478. The van der Waals surface area contributed by atoms with Crippen LogP contribution in [0.1, 0.15) is 25.0 Å². The molecule has 0 fully saturated rings. The maximum atomic E-state index is 10.5. The summed E-state index contributed by atoms with van der Waals surface area (Å²) in [5, 5.41) is 23.9. The molecule has 0 saturated heterocycles. The van der Waals surface area contributed by atoms with E-state index in [1.54, 1.807) is 0 Å². The fourth-order valence-electron chi connectivity index (χ4n) is 2.72. The number of hydrogen-bond donors (Lipinski definition) is 2. The minimum atomic E-state index is 0.255. The van der Waals surface area contributed by atoms with Gasteiger partial charge in [0.15, 0.2) is 0 Å². The van der Waals surface area contributed by atoms with Crippen molar-refractivity contribution in [3.63, 3.8) is 0 Å². The molecule has 3 aromatic carbocycles. The molecule has 3 rings (SSSR count). The van der Waals surface area contributed by atoms with Crippen molar-refractivity contribution in [3.8, 4) is 11.5 Å². The van der Waals surface area contributed by atoms with Gasteiger partial charge in [-0.25, -0.2) is 0 Å². The highest BCUT2D eigenvalue weighted by Gasteiger charge is 2.13. The quantitative estimate of drug-likeness (QED) is 0.528. The molecule has 0 radical (unpaired) electrons. The zero-order chi connectivity index (χ0) is 14.3. The molecular weight excluding hydrogens is 248 g/mol. The summed E-state index contributed by atoms with van der Waals surface area (Å²) in [7, 11) is 0. The number of hydrogen-bond acceptors (Lipinski definition) is 2. The van der Waals surface area contributed by atoms with Crippen molar-refractivity contribution >= 4 is 21.5 Å². The molecule has 0 aliphatic rings. The smallest absolute Gasteiger partial charge is 0.131 e. The van der Waals surface area contributed by atoms with Crippen molar-refractivity contribution in [2.75, 3.05) is 0 Å². The summed E-state index contributed by atoms with van der Waals surface area (Å²) in [4.78, 5) is 0. The van der Waals surface area contributed by atoms with Gasteiger partial charge in [-0.15, -0.1) is 0 Å². The summed E-state index contributed by atoms with van der Waals surface area (Å²) in [6, 6.07) is 11.7. The molecule has 0 aliphatic heterocycles. The van der Waals surface area contributed by atoms with Gasteiger partial charge in [0.05, 0.1) is 0 Å². The first-order valence-electron chi connectivity index (χ1n) is 7.04. The first-order valence-corrected chi connectivity index (χ1v) is 7.04. The fraction of sp³-hybridized carbons (Fsp3) is 0.222. The second-order valence-electron chi connectivity index (χ2n) is 5.16. The Bertz CT molecular complexity index is 734. The number of fused-ring (bicyclic) bond motifs is 2. The second kappa shape index (κ2) is 4.71. The van der Waals surface area contributed by atoms with Gasteiger partial charge in [-0.1, -0.05) is 38.1 Å². The number of benzene rings is 3. The van der Waals surface area contributed by atoms with Crippen LogP contribution in [0.2, 0.25) is 0 Å². The van der Waals surface area contributed by atoms with E-state index in [0.29, 0.717) is 10.8 Å². The monoisotopic (exact) mass is 266 g/mol. The first-order chi connectivity index (χ1) is 9.65. The average molecular weight is 266 g/mol. The highest BCUT2D eigenvalue weighted by atomic mass is 16.3. The molecule has 0 aliphatic carbocycles. The molecule has 0 aromatic heterocycles. The molecule has 0 heterocycles. The summed E-state index contributed by atoms with van der Waals surface area (Å²) in [6.07, 6.45) is 1.81. The topological polar surface area (TPSA) is 40.5 Å². The maximum Gasteiger partial charge on any atom is 0.131 e. The summed E-state index contributed by atoms with van der Waals surface area (Å²) in [6.45, 7) is 4.15. The standard InChI is InChI=1S/C18H18O2/c1-3-11-5-7-13-15(9-11)17(19)14-8-6-12(4-2)10-16(14)18(13)20/h5-10,19-20H,3-4H2,1-2H3. The zero-order valence-corrected chi connectivity index (χ0v) is 11.8. The van der Waals surface area contributed by atoms with E-state index >= 15 is 0 Å². The lowest BCUT2D eigenvalue weighted by Gasteiger charge is -2.11. The minimum absolute atomic E-state index is 0.255. The van der Waals surface area contributed by atoms with Gasteiger partial charge in [0.25, 0.3) is 0 Å². The largest absolute Gasteiger partial charge is 0.507 e. The zero-order valence-electron chi connectivity index (χ0n) is 11.8. The predicted octanol–water partition coefficient (Wildman–Crippen LogP) is 4.53. The molecular formula is C18H18O2. The Labute approximate surface area is 118 Å². The highest BCUT2D eigenvalue weighted by molar-refractivity contribution is 6.10. The van der Waals surface area contributed by atoms with Crippen molar-refractivity contribution in [1.82, 2.24) is 0 Å². The molecule has 2 N–H and O–H groups in total. The summed E-state index contributed by atoms with van der Waals surface area (Å²) in [5.41, 5.74) is 2.30. The van der Waals surface area contributed by atoms with Crippen LogP contribution in [0.5, 0.6) is 11.5 Å². The molecule has 0 saturated carbocycles. The summed E-state index contributed by atoms with van der Waals surface area (Å²) >= 11 is 0. The Morgan fingerprint density at radius 1 is 0.650 bits per heavy atom. The average Bonchev–Trinajstić information content (AvgIpc) is 2.51. The molecule has 102 valence electrons. The Balaban J connectivity index is 2.46. The van der Waals surface area contributed by atoms with Gasteiger partial charge in [0, 0.05) is 21.5 Å². The van der Waals surface area contributed by atoms with Crippen LogP contribution >= 0.6 is 0 Å². The normalized spacial score (nSPS) is 11.3. The Kier molecular flexibility index (Phi) is 3.01. The van der Waals surface area contributed by atoms with Crippen molar-refractivity contribution in [2.45, 2.75) is 26.7 Å². The third-order valence-electron chi connectivity index (χ3n) is 4.00. The summed E-state index contributed by atoms with van der Waals surface area (Å²) in [5.74, 6) is 0.511. The first kappa shape index (κ1) is 12.8. The van der Waals surface area contributed by atoms with Crippen LogP contribution in [0.3, 0.4) is 0 Å². The lowest BCUT2D eigenvalue weighted by atomic mass is 9.96. The van der Waals surface area contributed by atoms with E-state index in [9.17, 15) is 10.2 Å². The highest BCUT2D eigenvalue weighted by Crippen LogP contribution is 2.42. The number of rotatable bonds is 2. The maximum absolute atomic E-state index is 10.5. The van der Waals surface area contributed by atoms with Crippen LogP contribution in [0.25, 0.3) is 21.5 Å². The third-order valence-corrected chi connectivity index (χ3v) is 4.00. The molecule has 0 unspecified atom stereocenters. The van der Waals surface area contributed by atoms with Gasteiger partial charge in [-0.05, 0) is 36.1 Å². The van der Waals surface area contributed by atoms with Crippen LogP contribution < -0.4 is 0 Å². The predicted molar refractivity (Wildman–Crippen MR) is 83.5 cm³/mol. The lowest BCUT2D eigenvalue weighted by Crippen LogP contribution is -1.86. The van der Waals surface area contributed by atoms with E-state index in [4.69, 9.17) is 0 Å². The number of phenols is 2. The molecule has 0 spiro atoms. The van der Waals surface area contributed by atoms with Gasteiger partial charge in [0.2, 0.25) is 0 Å². The van der Waals surface area contributed by atoms with Crippen molar-refractivity contribution < 1.29 is 10.2 Å². The molecule has 3 aromatic rings. The minimum Gasteiger partial charge on any atom is -0.507 e. The Morgan fingerprint density at radius 3 is 1.40 bits per heavy atom. The molecule has 20 heavy (non-hydrogen) atoms. The Morgan fingerprint density at radius 2 is 1.05 bits per heavy atom. The van der Waals surface area contributed by atoms with E-state index in [2.05, 4.69) is 13.8 Å². The van der Waals surface area contributed by atoms with Crippen LogP contribution in [0, 0.1) is 0 Å². The Hall–Kier alpha value is -2.22. The molecule has 0 amide bonds. The molecule has 0 bridgehead atoms. The van der Waals surface area contributed by atoms with Crippen LogP contribution in [-0.4, -0.2) is 10.2 Å². The fourth-order valence-corrected chi connectivity index (χ4v) is 2.72. The van der Waals surface area contributed by atoms with Crippen molar-refractivity contribution in [2.24, 2.45) is 0 Å². The van der Waals surface area contributed by atoms with Crippen molar-refractivity contribution in [3.05, 3.63) is 47.5 Å². The summed E-state index contributed by atoms with van der Waals surface area (Å²) < 4.78 is 0. The van der Waals surface area contributed by atoms with Crippen LogP contribution in [0.15, 0.2) is 36.4 Å². The van der Waals surface area contributed by atoms with E-state index in [1.165, 1.54) is 0 Å². The van der Waals surface area contributed by atoms with Crippen molar-refractivity contribution in [1.29, 1.82) is 0 Å². The molecule has 0 atom stereocenters. The van der Waals surface area contributed by atoms with E-state index in [1.807, 2.05) is 36.4 Å². The van der Waals surface area contributed by atoms with Crippen LogP contribution in [-0.2, 0) is 12.8 Å². The van der Waals surface area contributed by atoms with Gasteiger partial charge in [0.1, 0.15) is 11.5 Å². The van der Waals surface area contributed by atoms with E-state index in [-0.39, 0.29) is 11.5 Å². The number of aromatic hydroxyl groups is 2. The van der Waals surface area contributed by atoms with E-state index < -0.39 is 0 Å². The SMILES string of the molecule is CCc1ccc2c(O)c3cc(CC)ccc3c(O)c2c1.